The first kappa shape index (κ1) is 25.5. The lowest BCUT2D eigenvalue weighted by molar-refractivity contribution is -0.134. The maximum Gasteiger partial charge on any atom is 0.339 e. The molecule has 0 aromatic heterocycles. The van der Waals surface area contributed by atoms with Crippen molar-refractivity contribution in [2.75, 3.05) is 63.7 Å². The summed E-state index contributed by atoms with van der Waals surface area (Å²) < 4.78 is 23.3. The van der Waals surface area contributed by atoms with Crippen molar-refractivity contribution in [1.82, 2.24) is 10.2 Å². The van der Waals surface area contributed by atoms with E-state index in [1.165, 1.54) is 23.9 Å². The standard InChI is InChI=1S/C24H28FN3O5S/c1-32-15-10-26-22(29)17-34-21-5-3-2-4-20(21)24(31)33-16-23(30)28-13-11-27(12-14-28)19-8-6-18(25)7-9-19/h2-9H,10-17H2,1H3,(H,26,29). The second-order valence-corrected chi connectivity index (χ2v) is 8.57. The molecule has 0 unspecified atom stereocenters. The SMILES string of the molecule is COCCNC(=O)CSc1ccccc1C(=O)OCC(=O)N1CCN(c2ccc(F)cc2)CC1. The summed E-state index contributed by atoms with van der Waals surface area (Å²) >= 11 is 1.22. The summed E-state index contributed by atoms with van der Waals surface area (Å²) in [6, 6.07) is 13.1. The zero-order valence-corrected chi connectivity index (χ0v) is 19.8. The highest BCUT2D eigenvalue weighted by molar-refractivity contribution is 8.00. The quantitative estimate of drug-likeness (QED) is 0.311. The van der Waals surface area contributed by atoms with E-state index < -0.39 is 5.97 Å². The van der Waals surface area contributed by atoms with Crippen LogP contribution in [0.1, 0.15) is 10.4 Å². The van der Waals surface area contributed by atoms with Crippen molar-refractivity contribution in [1.29, 1.82) is 0 Å². The topological polar surface area (TPSA) is 88.2 Å². The monoisotopic (exact) mass is 489 g/mol. The Morgan fingerprint density at radius 2 is 1.74 bits per heavy atom. The lowest BCUT2D eigenvalue weighted by Crippen LogP contribution is -2.49. The van der Waals surface area contributed by atoms with Gasteiger partial charge in [-0.15, -0.1) is 11.8 Å². The zero-order valence-electron chi connectivity index (χ0n) is 19.0. The van der Waals surface area contributed by atoms with E-state index in [0.717, 1.165) is 5.69 Å². The highest BCUT2D eigenvalue weighted by atomic mass is 32.2. The molecule has 2 amide bonds. The minimum Gasteiger partial charge on any atom is -0.452 e. The number of carbonyl (C=O) groups is 3. The van der Waals surface area contributed by atoms with E-state index in [9.17, 15) is 18.8 Å². The molecule has 2 aromatic rings. The van der Waals surface area contributed by atoms with Gasteiger partial charge < -0.3 is 24.6 Å². The molecule has 0 spiro atoms. The fraction of sp³-hybridized carbons (Fsp3) is 0.375. The average Bonchev–Trinajstić information content (AvgIpc) is 2.87. The lowest BCUT2D eigenvalue weighted by Gasteiger charge is -2.36. The van der Waals surface area contributed by atoms with Crippen LogP contribution < -0.4 is 10.2 Å². The number of piperazine rings is 1. The van der Waals surface area contributed by atoms with Gasteiger partial charge in [0.25, 0.3) is 5.91 Å². The van der Waals surface area contributed by atoms with Crippen LogP contribution in [-0.4, -0.2) is 81.5 Å². The van der Waals surface area contributed by atoms with E-state index in [4.69, 9.17) is 9.47 Å². The Kier molecular flexibility index (Phi) is 9.72. The first-order valence-electron chi connectivity index (χ1n) is 10.9. The molecule has 3 rings (SSSR count). The molecule has 8 nitrogen and oxygen atoms in total. The number of hydrogen-bond acceptors (Lipinski definition) is 7. The van der Waals surface area contributed by atoms with Crippen LogP contribution >= 0.6 is 11.8 Å². The molecule has 34 heavy (non-hydrogen) atoms. The van der Waals surface area contributed by atoms with Crippen LogP contribution in [0.2, 0.25) is 0 Å². The van der Waals surface area contributed by atoms with E-state index in [1.54, 1.807) is 48.4 Å². The molecule has 0 saturated carbocycles. The normalized spacial score (nSPS) is 13.5. The van der Waals surface area contributed by atoms with Crippen LogP contribution in [0.25, 0.3) is 0 Å². The van der Waals surface area contributed by atoms with Crippen molar-refractivity contribution >= 4 is 35.2 Å². The summed E-state index contributed by atoms with van der Waals surface area (Å²) in [6.07, 6.45) is 0. The predicted octanol–water partition coefficient (Wildman–Crippen LogP) is 2.19. The molecule has 0 atom stereocenters. The van der Waals surface area contributed by atoms with Crippen molar-refractivity contribution in [2.45, 2.75) is 4.90 Å². The van der Waals surface area contributed by atoms with Crippen LogP contribution in [0.5, 0.6) is 0 Å². The van der Waals surface area contributed by atoms with Gasteiger partial charge in [0.2, 0.25) is 5.91 Å². The highest BCUT2D eigenvalue weighted by Gasteiger charge is 2.23. The molecule has 0 radical (unpaired) electrons. The van der Waals surface area contributed by atoms with E-state index in [2.05, 4.69) is 10.2 Å². The number of methoxy groups -OCH3 is 1. The Balaban J connectivity index is 1.46. The summed E-state index contributed by atoms with van der Waals surface area (Å²) in [7, 11) is 1.56. The van der Waals surface area contributed by atoms with Gasteiger partial charge in [-0.3, -0.25) is 9.59 Å². The summed E-state index contributed by atoms with van der Waals surface area (Å²) in [4.78, 5) is 41.4. The molecule has 182 valence electrons. The van der Waals surface area contributed by atoms with Crippen molar-refractivity contribution in [3.63, 3.8) is 0 Å². The van der Waals surface area contributed by atoms with Crippen molar-refractivity contribution in [2.24, 2.45) is 0 Å². The molecule has 2 aromatic carbocycles. The second kappa shape index (κ2) is 13.0. The van der Waals surface area contributed by atoms with E-state index in [0.29, 0.717) is 49.8 Å². The number of amides is 2. The first-order valence-corrected chi connectivity index (χ1v) is 11.9. The predicted molar refractivity (Wildman–Crippen MR) is 128 cm³/mol. The van der Waals surface area contributed by atoms with Gasteiger partial charge in [0, 0.05) is 50.4 Å². The average molecular weight is 490 g/mol. The van der Waals surface area contributed by atoms with Crippen LogP contribution in [0, 0.1) is 5.82 Å². The van der Waals surface area contributed by atoms with Gasteiger partial charge in [0.05, 0.1) is 17.9 Å². The third-order valence-electron chi connectivity index (χ3n) is 5.24. The molecular formula is C24H28FN3O5S. The van der Waals surface area contributed by atoms with Crippen molar-refractivity contribution in [3.8, 4) is 0 Å². The number of benzene rings is 2. The van der Waals surface area contributed by atoms with E-state index in [-0.39, 0.29) is 30.0 Å². The maximum atomic E-state index is 13.1. The number of nitrogens with one attached hydrogen (secondary N) is 1. The number of anilines is 1. The highest BCUT2D eigenvalue weighted by Crippen LogP contribution is 2.23. The van der Waals surface area contributed by atoms with Crippen LogP contribution in [0.4, 0.5) is 10.1 Å². The van der Waals surface area contributed by atoms with Gasteiger partial charge in [-0.1, -0.05) is 12.1 Å². The van der Waals surface area contributed by atoms with Gasteiger partial charge in [-0.25, -0.2) is 9.18 Å². The smallest absolute Gasteiger partial charge is 0.339 e. The van der Waals surface area contributed by atoms with Gasteiger partial charge in [0.1, 0.15) is 5.82 Å². The van der Waals surface area contributed by atoms with E-state index in [1.807, 2.05) is 0 Å². The first-order chi connectivity index (χ1) is 16.5. The molecule has 0 bridgehead atoms. The number of hydrogen-bond donors (Lipinski definition) is 1. The summed E-state index contributed by atoms with van der Waals surface area (Å²) in [6.45, 7) is 2.67. The number of esters is 1. The number of thioether (sulfide) groups is 1. The summed E-state index contributed by atoms with van der Waals surface area (Å²) in [5.41, 5.74) is 1.22. The van der Waals surface area contributed by atoms with Gasteiger partial charge in [0.15, 0.2) is 6.61 Å². The third-order valence-corrected chi connectivity index (χ3v) is 6.32. The fourth-order valence-corrected chi connectivity index (χ4v) is 4.28. The molecule has 0 aliphatic carbocycles. The van der Waals surface area contributed by atoms with E-state index >= 15 is 0 Å². The van der Waals surface area contributed by atoms with Gasteiger partial charge in [-0.2, -0.15) is 0 Å². The number of halogens is 1. The van der Waals surface area contributed by atoms with Crippen molar-refractivity contribution in [3.05, 3.63) is 59.9 Å². The molecular weight excluding hydrogens is 461 g/mol. The minimum atomic E-state index is -0.610. The molecule has 1 saturated heterocycles. The Morgan fingerprint density at radius 3 is 2.44 bits per heavy atom. The third kappa shape index (κ3) is 7.46. The Bertz CT molecular complexity index is 981. The lowest BCUT2D eigenvalue weighted by atomic mass is 10.2. The zero-order chi connectivity index (χ0) is 24.3. The fourth-order valence-electron chi connectivity index (χ4n) is 3.41. The molecule has 1 aliphatic heterocycles. The molecule has 1 heterocycles. The Morgan fingerprint density at radius 1 is 1.03 bits per heavy atom. The molecule has 1 fully saturated rings. The van der Waals surface area contributed by atoms with Crippen LogP contribution in [-0.2, 0) is 19.1 Å². The number of nitrogens with zero attached hydrogens (tertiary/aromatic N) is 2. The molecule has 10 heteroatoms. The van der Waals surface area contributed by atoms with Crippen LogP contribution in [0.3, 0.4) is 0 Å². The number of rotatable bonds is 10. The summed E-state index contributed by atoms with van der Waals surface area (Å²) in [5.74, 6) is -1.19. The minimum absolute atomic E-state index is 0.144. The van der Waals surface area contributed by atoms with Crippen molar-refractivity contribution < 1.29 is 28.2 Å². The number of ether oxygens (including phenoxy) is 2. The molecule has 1 N–H and O–H groups in total. The Labute approximate surface area is 202 Å². The maximum absolute atomic E-state index is 13.1. The van der Waals surface area contributed by atoms with Crippen LogP contribution in [0.15, 0.2) is 53.4 Å². The number of carbonyl (C=O) groups excluding carboxylic acids is 3. The largest absolute Gasteiger partial charge is 0.452 e. The Hall–Kier alpha value is -3.11. The second-order valence-electron chi connectivity index (χ2n) is 7.55. The van der Waals surface area contributed by atoms with Gasteiger partial charge >= 0.3 is 5.97 Å². The molecule has 1 aliphatic rings. The summed E-state index contributed by atoms with van der Waals surface area (Å²) in [5, 5.41) is 2.72. The van der Waals surface area contributed by atoms with Gasteiger partial charge in [-0.05, 0) is 36.4 Å².